The minimum Gasteiger partial charge on any atom is -0.388 e. The van der Waals surface area contributed by atoms with Gasteiger partial charge in [-0.1, -0.05) is 60.8 Å². The Morgan fingerprint density at radius 3 is 2.43 bits per heavy atom. The first-order valence-corrected chi connectivity index (χ1v) is 9.82. The molecule has 0 saturated heterocycles. The van der Waals surface area contributed by atoms with E-state index in [1.807, 2.05) is 24.3 Å². The Bertz CT molecular complexity index is 703. The van der Waals surface area contributed by atoms with Gasteiger partial charge in [0.15, 0.2) is 0 Å². The second kappa shape index (κ2) is 8.29. The molecule has 0 saturated carbocycles. The van der Waals surface area contributed by atoms with E-state index in [0.717, 1.165) is 18.4 Å². The van der Waals surface area contributed by atoms with Gasteiger partial charge in [0.25, 0.3) is 0 Å². The molecular weight excluding hydrogens is 351 g/mol. The van der Waals surface area contributed by atoms with Crippen molar-refractivity contribution in [2.75, 3.05) is 6.26 Å². The lowest BCUT2D eigenvalue weighted by molar-refractivity contribution is 0.137. The topological polar surface area (TPSA) is 37.3 Å². The minimum absolute atomic E-state index is 0.125. The number of hydrogen-bond donors (Lipinski definition) is 1. The van der Waals surface area contributed by atoms with Gasteiger partial charge in [-0.3, -0.25) is 4.21 Å². The second-order valence-corrected chi connectivity index (χ2v) is 7.67. The number of hydrogen-bond acceptors (Lipinski definition) is 2. The highest BCUT2D eigenvalue weighted by Crippen LogP contribution is 2.38. The average molecular weight is 371 g/mol. The molecule has 0 aromatic heterocycles. The molecule has 0 aliphatic carbocycles. The van der Waals surface area contributed by atoms with E-state index < -0.39 is 16.9 Å². The molecule has 2 aromatic rings. The number of halogens is 2. The molecule has 1 N–H and O–H groups in total. The van der Waals surface area contributed by atoms with Gasteiger partial charge in [0, 0.05) is 17.1 Å². The largest absolute Gasteiger partial charge is 0.388 e. The number of benzene rings is 2. The fourth-order valence-corrected chi connectivity index (χ4v) is 3.86. The normalized spacial score (nSPS) is 15.2. The Balaban J connectivity index is 2.45. The maximum atomic E-state index is 11.9. The lowest BCUT2D eigenvalue weighted by atomic mass is 9.86. The van der Waals surface area contributed by atoms with E-state index in [1.165, 1.54) is 0 Å². The molecule has 3 atom stereocenters. The van der Waals surface area contributed by atoms with E-state index in [9.17, 15) is 9.32 Å². The molecule has 1 unspecified atom stereocenters. The molecule has 0 bridgehead atoms. The van der Waals surface area contributed by atoms with Crippen LogP contribution in [-0.4, -0.2) is 15.6 Å². The molecule has 0 amide bonds. The van der Waals surface area contributed by atoms with Gasteiger partial charge in [0.05, 0.1) is 26.9 Å². The summed E-state index contributed by atoms with van der Waals surface area (Å²) in [5.41, 5.74) is 1.64. The van der Waals surface area contributed by atoms with Crippen molar-refractivity contribution >= 4 is 34.0 Å². The summed E-state index contributed by atoms with van der Waals surface area (Å²) in [7, 11) is -1.15. The molecule has 5 heteroatoms. The average Bonchev–Trinajstić information content (AvgIpc) is 2.54. The minimum atomic E-state index is -1.15. The SMILES string of the molecule is CCC[C@@H](c1ccc(Cl)c(Cl)c1)[C@@H](O)c1ccccc1S(C)=O. The van der Waals surface area contributed by atoms with Gasteiger partial charge in [-0.2, -0.15) is 0 Å². The first kappa shape index (κ1) is 18.5. The zero-order chi connectivity index (χ0) is 17.0. The van der Waals surface area contributed by atoms with Crippen LogP contribution in [0.3, 0.4) is 0 Å². The predicted molar refractivity (Wildman–Crippen MR) is 97.8 cm³/mol. The lowest BCUT2D eigenvalue weighted by Gasteiger charge is -2.25. The number of aliphatic hydroxyl groups excluding tert-OH is 1. The van der Waals surface area contributed by atoms with Crippen molar-refractivity contribution in [2.45, 2.75) is 36.7 Å². The first-order valence-electron chi connectivity index (χ1n) is 7.51. The second-order valence-electron chi connectivity index (χ2n) is 5.51. The standard InChI is InChI=1S/C18H20Cl2O2S/c1-3-6-13(12-9-10-15(19)16(20)11-12)18(21)14-7-4-5-8-17(14)23(2)22/h4-5,7-11,13,18,21H,3,6H2,1-2H3/t13-,18+,23?/m0/s1. The molecule has 2 nitrogen and oxygen atoms in total. The summed E-state index contributed by atoms with van der Waals surface area (Å²) in [5, 5.41) is 11.9. The summed E-state index contributed by atoms with van der Waals surface area (Å²) in [6, 6.07) is 12.8. The van der Waals surface area contributed by atoms with Crippen LogP contribution in [0.4, 0.5) is 0 Å². The highest BCUT2D eigenvalue weighted by Gasteiger charge is 2.25. The van der Waals surface area contributed by atoms with Gasteiger partial charge < -0.3 is 5.11 Å². The Hall–Kier alpha value is -0.870. The van der Waals surface area contributed by atoms with Crippen molar-refractivity contribution in [3.05, 3.63) is 63.6 Å². The van der Waals surface area contributed by atoms with Crippen molar-refractivity contribution < 1.29 is 9.32 Å². The maximum Gasteiger partial charge on any atom is 0.0870 e. The van der Waals surface area contributed by atoms with Crippen LogP contribution in [0.25, 0.3) is 0 Å². The molecule has 0 aliphatic heterocycles. The Morgan fingerprint density at radius 2 is 1.83 bits per heavy atom. The molecule has 0 aliphatic rings. The van der Waals surface area contributed by atoms with E-state index in [-0.39, 0.29) is 5.92 Å². The van der Waals surface area contributed by atoms with Crippen LogP contribution in [0.1, 0.15) is 42.9 Å². The van der Waals surface area contributed by atoms with E-state index in [0.29, 0.717) is 20.5 Å². The van der Waals surface area contributed by atoms with Crippen LogP contribution in [0.5, 0.6) is 0 Å². The lowest BCUT2D eigenvalue weighted by Crippen LogP contribution is -2.13. The summed E-state index contributed by atoms with van der Waals surface area (Å²) >= 11 is 12.1. The summed E-state index contributed by atoms with van der Waals surface area (Å²) in [6.07, 6.45) is 2.59. The van der Waals surface area contributed by atoms with Gasteiger partial charge in [-0.25, -0.2) is 0 Å². The number of aliphatic hydroxyl groups is 1. The molecule has 2 rings (SSSR count). The van der Waals surface area contributed by atoms with Gasteiger partial charge in [-0.05, 0) is 35.7 Å². The molecule has 0 radical (unpaired) electrons. The van der Waals surface area contributed by atoms with E-state index in [2.05, 4.69) is 6.92 Å². The van der Waals surface area contributed by atoms with Crippen LogP contribution in [0.15, 0.2) is 47.4 Å². The van der Waals surface area contributed by atoms with Crippen LogP contribution < -0.4 is 0 Å². The summed E-state index contributed by atoms with van der Waals surface area (Å²) in [4.78, 5) is 0.668. The summed E-state index contributed by atoms with van der Waals surface area (Å²) in [5.74, 6) is -0.125. The highest BCUT2D eigenvalue weighted by atomic mass is 35.5. The molecule has 0 spiro atoms. The van der Waals surface area contributed by atoms with Gasteiger partial charge in [0.2, 0.25) is 0 Å². The third-order valence-corrected chi connectivity index (χ3v) is 5.63. The molecule has 23 heavy (non-hydrogen) atoms. The van der Waals surface area contributed by atoms with Crippen molar-refractivity contribution in [1.82, 2.24) is 0 Å². The smallest absolute Gasteiger partial charge is 0.0870 e. The van der Waals surface area contributed by atoms with Gasteiger partial charge >= 0.3 is 0 Å². The van der Waals surface area contributed by atoms with Crippen molar-refractivity contribution in [1.29, 1.82) is 0 Å². The highest BCUT2D eigenvalue weighted by molar-refractivity contribution is 7.84. The summed E-state index contributed by atoms with van der Waals surface area (Å²) in [6.45, 7) is 2.07. The van der Waals surface area contributed by atoms with Crippen molar-refractivity contribution in [3.8, 4) is 0 Å². The summed E-state index contributed by atoms with van der Waals surface area (Å²) < 4.78 is 11.9. The van der Waals surface area contributed by atoms with Crippen LogP contribution in [-0.2, 0) is 10.8 Å². The van der Waals surface area contributed by atoms with Crippen molar-refractivity contribution in [2.24, 2.45) is 0 Å². The van der Waals surface area contributed by atoms with Crippen molar-refractivity contribution in [3.63, 3.8) is 0 Å². The van der Waals surface area contributed by atoms with E-state index >= 15 is 0 Å². The maximum absolute atomic E-state index is 11.9. The molecule has 0 fully saturated rings. The third kappa shape index (κ3) is 4.36. The zero-order valence-electron chi connectivity index (χ0n) is 13.1. The van der Waals surface area contributed by atoms with E-state index in [4.69, 9.17) is 23.2 Å². The van der Waals surface area contributed by atoms with Gasteiger partial charge in [0.1, 0.15) is 0 Å². The Kier molecular flexibility index (Phi) is 6.66. The quantitative estimate of drug-likeness (QED) is 0.743. The van der Waals surface area contributed by atoms with Crippen LogP contribution >= 0.6 is 23.2 Å². The Morgan fingerprint density at radius 1 is 1.13 bits per heavy atom. The predicted octanol–water partition coefficient (Wildman–Crippen LogP) is 5.35. The number of rotatable bonds is 6. The third-order valence-electron chi connectivity index (χ3n) is 3.90. The Labute approximate surface area is 149 Å². The zero-order valence-corrected chi connectivity index (χ0v) is 15.5. The molecular formula is C18H20Cl2O2S. The first-order chi connectivity index (χ1) is 11.0. The monoisotopic (exact) mass is 370 g/mol. The molecule has 2 aromatic carbocycles. The fraction of sp³-hybridized carbons (Fsp3) is 0.333. The van der Waals surface area contributed by atoms with Crippen LogP contribution in [0, 0.1) is 0 Å². The molecule has 124 valence electrons. The molecule has 0 heterocycles. The fourth-order valence-electron chi connectivity index (χ4n) is 2.76. The van der Waals surface area contributed by atoms with E-state index in [1.54, 1.807) is 24.5 Å². The van der Waals surface area contributed by atoms with Gasteiger partial charge in [-0.15, -0.1) is 0 Å². The van der Waals surface area contributed by atoms with Crippen LogP contribution in [0.2, 0.25) is 10.0 Å².